The molecular formula is C24H21N5O2S. The summed E-state index contributed by atoms with van der Waals surface area (Å²) in [6.45, 7) is 1.45. The van der Waals surface area contributed by atoms with E-state index in [-0.39, 0.29) is 10.8 Å². The van der Waals surface area contributed by atoms with Gasteiger partial charge in [-0.1, -0.05) is 66.7 Å². The zero-order valence-corrected chi connectivity index (χ0v) is 18.1. The third kappa shape index (κ3) is 4.93. The van der Waals surface area contributed by atoms with Gasteiger partial charge in [-0.05, 0) is 41.6 Å². The van der Waals surface area contributed by atoms with Crippen LogP contribution in [0.5, 0.6) is 0 Å². The van der Waals surface area contributed by atoms with Crippen molar-refractivity contribution in [3.63, 3.8) is 0 Å². The minimum Gasteiger partial charge on any atom is -0.380 e. The summed E-state index contributed by atoms with van der Waals surface area (Å²) in [6, 6.07) is 28.1. The number of anilines is 1. The van der Waals surface area contributed by atoms with Gasteiger partial charge in [0.25, 0.3) is 0 Å². The van der Waals surface area contributed by atoms with Crippen molar-refractivity contribution in [1.82, 2.24) is 14.8 Å². The van der Waals surface area contributed by atoms with Crippen molar-refractivity contribution >= 4 is 28.3 Å². The van der Waals surface area contributed by atoms with E-state index in [0.29, 0.717) is 16.5 Å². The van der Waals surface area contributed by atoms with Gasteiger partial charge in [-0.15, -0.1) is 10.2 Å². The summed E-state index contributed by atoms with van der Waals surface area (Å²) < 4.78 is 1.74. The number of aliphatic hydroxyl groups is 1. The average molecular weight is 444 g/mol. The Morgan fingerprint density at radius 2 is 1.53 bits per heavy atom. The van der Waals surface area contributed by atoms with Crippen molar-refractivity contribution in [3.05, 3.63) is 102 Å². The van der Waals surface area contributed by atoms with E-state index in [2.05, 4.69) is 20.7 Å². The highest BCUT2D eigenvalue weighted by Gasteiger charge is 2.24. The predicted molar refractivity (Wildman–Crippen MR) is 126 cm³/mol. The van der Waals surface area contributed by atoms with Crippen LogP contribution in [-0.4, -0.2) is 30.7 Å². The first-order valence-electron chi connectivity index (χ1n) is 9.95. The number of nitrogens with zero attached hydrogens (tertiary/aromatic N) is 4. The average Bonchev–Trinajstić information content (AvgIpc) is 3.26. The molecule has 160 valence electrons. The number of para-hydroxylation sites is 2. The molecule has 1 heterocycles. The second kappa shape index (κ2) is 10.0. The van der Waals surface area contributed by atoms with Crippen molar-refractivity contribution in [3.8, 4) is 5.69 Å². The second-order valence-electron chi connectivity index (χ2n) is 6.88. The molecule has 3 aromatic carbocycles. The number of hydrogen-bond donors (Lipinski definition) is 2. The van der Waals surface area contributed by atoms with E-state index < -0.39 is 6.10 Å². The molecule has 8 heteroatoms. The third-order valence-electron chi connectivity index (χ3n) is 4.58. The number of nitrogens with one attached hydrogen (secondary N) is 1. The van der Waals surface area contributed by atoms with Crippen molar-refractivity contribution < 1.29 is 9.90 Å². The first-order valence-corrected chi connectivity index (χ1v) is 10.8. The quantitative estimate of drug-likeness (QED) is 0.190. The van der Waals surface area contributed by atoms with Gasteiger partial charge in [0, 0.05) is 12.6 Å². The van der Waals surface area contributed by atoms with Crippen LogP contribution in [0, 0.1) is 0 Å². The molecule has 1 unspecified atom stereocenters. The number of aromatic nitrogens is 3. The van der Waals surface area contributed by atoms with Crippen LogP contribution in [0.1, 0.15) is 24.4 Å². The molecule has 2 N–H and O–H groups in total. The van der Waals surface area contributed by atoms with E-state index in [1.807, 2.05) is 91.0 Å². The summed E-state index contributed by atoms with van der Waals surface area (Å²) in [4.78, 5) is 12.3. The lowest BCUT2D eigenvalue weighted by molar-refractivity contribution is -0.110. The maximum Gasteiger partial charge on any atom is 0.202 e. The molecule has 0 aliphatic rings. The Morgan fingerprint density at radius 1 is 0.938 bits per heavy atom. The van der Waals surface area contributed by atoms with E-state index in [9.17, 15) is 9.90 Å². The Morgan fingerprint density at radius 3 is 2.16 bits per heavy atom. The number of hydrogen-bond acceptors (Lipinski definition) is 7. The van der Waals surface area contributed by atoms with Gasteiger partial charge in [0.15, 0.2) is 16.7 Å². The third-order valence-corrected chi connectivity index (χ3v) is 5.60. The van der Waals surface area contributed by atoms with Crippen LogP contribution in [0.15, 0.2) is 101 Å². The summed E-state index contributed by atoms with van der Waals surface area (Å²) in [5, 5.41) is 24.4. The van der Waals surface area contributed by atoms with Crippen LogP contribution < -0.4 is 5.43 Å². The Bertz CT molecular complexity index is 1210. The minimum absolute atomic E-state index is 0.216. The number of benzene rings is 3. The molecular weight excluding hydrogens is 422 g/mol. The highest BCUT2D eigenvalue weighted by atomic mass is 32.2. The number of aliphatic hydroxyl groups excluding tert-OH is 1. The summed E-state index contributed by atoms with van der Waals surface area (Å²) in [5.74, 6) is 0.134. The Kier molecular flexibility index (Phi) is 6.74. The number of carbonyl (C=O) groups is 1. The number of Topliss-reactive ketones (excluding diaryl/α,β-unsaturated/α-hetero) is 1. The number of thioether (sulfide) groups is 1. The number of ketones is 1. The molecule has 7 nitrogen and oxygen atoms in total. The molecule has 0 amide bonds. The van der Waals surface area contributed by atoms with E-state index in [0.717, 1.165) is 23.1 Å². The molecule has 0 aliphatic heterocycles. The molecule has 0 fully saturated rings. The van der Waals surface area contributed by atoms with Crippen LogP contribution in [0.4, 0.5) is 5.69 Å². The Labute approximate surface area is 189 Å². The van der Waals surface area contributed by atoms with E-state index in [1.165, 1.54) is 6.92 Å². The largest absolute Gasteiger partial charge is 0.380 e. The van der Waals surface area contributed by atoms with Crippen LogP contribution >= 0.6 is 11.8 Å². The molecule has 0 saturated carbocycles. The molecule has 0 radical (unpaired) electrons. The lowest BCUT2D eigenvalue weighted by atomic mass is 10.1. The fraction of sp³-hybridized carbons (Fsp3) is 0.0833. The van der Waals surface area contributed by atoms with Crippen molar-refractivity contribution in [2.75, 3.05) is 5.43 Å². The zero-order chi connectivity index (χ0) is 22.3. The SMILES string of the molecule is CC(=O)/C(=N\Nc1ccccc1)Sc1nnc(C(O)c2ccccc2)n1-c1ccccc1. The monoisotopic (exact) mass is 443 g/mol. The lowest BCUT2D eigenvalue weighted by Crippen LogP contribution is -2.12. The fourth-order valence-corrected chi connectivity index (χ4v) is 3.80. The van der Waals surface area contributed by atoms with Gasteiger partial charge in [0.2, 0.25) is 5.16 Å². The molecule has 4 rings (SSSR count). The molecule has 32 heavy (non-hydrogen) atoms. The summed E-state index contributed by atoms with van der Waals surface area (Å²) in [6.07, 6.45) is -0.988. The number of rotatable bonds is 7. The molecule has 4 aromatic rings. The van der Waals surface area contributed by atoms with Gasteiger partial charge >= 0.3 is 0 Å². The van der Waals surface area contributed by atoms with Gasteiger partial charge in [-0.3, -0.25) is 14.8 Å². The maximum atomic E-state index is 12.3. The minimum atomic E-state index is -0.988. The van der Waals surface area contributed by atoms with Gasteiger partial charge in [0.05, 0.1) is 5.69 Å². The predicted octanol–water partition coefficient (Wildman–Crippen LogP) is 4.46. The Hall–Kier alpha value is -3.75. The first-order chi connectivity index (χ1) is 15.6. The van der Waals surface area contributed by atoms with Crippen molar-refractivity contribution in [2.24, 2.45) is 5.10 Å². The molecule has 1 atom stereocenters. The first kappa shape index (κ1) is 21.5. The fourth-order valence-electron chi connectivity index (χ4n) is 3.02. The van der Waals surface area contributed by atoms with Gasteiger partial charge in [-0.25, -0.2) is 0 Å². The van der Waals surface area contributed by atoms with Crippen LogP contribution in [0.2, 0.25) is 0 Å². The smallest absolute Gasteiger partial charge is 0.202 e. The highest BCUT2D eigenvalue weighted by molar-refractivity contribution is 8.15. The highest BCUT2D eigenvalue weighted by Crippen LogP contribution is 2.29. The topological polar surface area (TPSA) is 92.4 Å². The molecule has 0 bridgehead atoms. The number of hydrazone groups is 1. The van der Waals surface area contributed by atoms with E-state index >= 15 is 0 Å². The Balaban J connectivity index is 1.71. The number of carbonyl (C=O) groups excluding carboxylic acids is 1. The van der Waals surface area contributed by atoms with Crippen LogP contribution in [-0.2, 0) is 4.79 Å². The standard InChI is InChI=1S/C24H21N5O2S/c1-17(30)23(27-25-19-13-7-3-8-14-19)32-24-28-26-22(21(31)18-11-5-2-6-12-18)29(24)20-15-9-4-10-16-20/h2-16,21,25,31H,1H3/b27-23+. The molecule has 0 saturated heterocycles. The lowest BCUT2D eigenvalue weighted by Gasteiger charge is -2.14. The zero-order valence-electron chi connectivity index (χ0n) is 17.3. The maximum absolute atomic E-state index is 12.3. The van der Waals surface area contributed by atoms with E-state index in [1.54, 1.807) is 4.57 Å². The summed E-state index contributed by atoms with van der Waals surface area (Å²) >= 11 is 1.09. The summed E-state index contributed by atoms with van der Waals surface area (Å²) in [7, 11) is 0. The van der Waals surface area contributed by atoms with E-state index in [4.69, 9.17) is 0 Å². The van der Waals surface area contributed by atoms with Crippen molar-refractivity contribution in [2.45, 2.75) is 18.2 Å². The van der Waals surface area contributed by atoms with Gasteiger partial charge in [0.1, 0.15) is 6.10 Å². The van der Waals surface area contributed by atoms with Crippen LogP contribution in [0.25, 0.3) is 5.69 Å². The van der Waals surface area contributed by atoms with Gasteiger partial charge in [-0.2, -0.15) is 5.10 Å². The summed E-state index contributed by atoms with van der Waals surface area (Å²) in [5.41, 5.74) is 5.12. The molecule has 0 aliphatic carbocycles. The second-order valence-corrected chi connectivity index (χ2v) is 7.83. The van der Waals surface area contributed by atoms with Crippen LogP contribution in [0.3, 0.4) is 0 Å². The molecule has 0 spiro atoms. The molecule has 1 aromatic heterocycles. The van der Waals surface area contributed by atoms with Gasteiger partial charge < -0.3 is 5.11 Å². The van der Waals surface area contributed by atoms with Crippen molar-refractivity contribution in [1.29, 1.82) is 0 Å². The normalized spacial score (nSPS) is 12.4.